The van der Waals surface area contributed by atoms with Crippen molar-refractivity contribution in [2.24, 2.45) is 0 Å². The van der Waals surface area contributed by atoms with Crippen LogP contribution in [0.4, 0.5) is 5.95 Å². The van der Waals surface area contributed by atoms with Crippen molar-refractivity contribution in [1.29, 1.82) is 0 Å². The summed E-state index contributed by atoms with van der Waals surface area (Å²) in [4.78, 5) is 4.63. The van der Waals surface area contributed by atoms with Crippen LogP contribution in [0.2, 0.25) is 0 Å². The number of benzene rings is 1. The molecular formula is C27H34N6O7S. The highest BCUT2D eigenvalue weighted by Crippen LogP contribution is 2.38. The molecule has 1 aromatic carbocycles. The normalized spacial score (nSPS) is 17.5. The Morgan fingerprint density at radius 2 is 1.78 bits per heavy atom. The number of rotatable bonds is 11. The van der Waals surface area contributed by atoms with E-state index in [1.54, 1.807) is 31.3 Å². The predicted octanol–water partition coefficient (Wildman–Crippen LogP) is 3.32. The lowest BCUT2D eigenvalue weighted by molar-refractivity contribution is -0.0941. The second-order valence-corrected chi connectivity index (χ2v) is 11.8. The average Bonchev–Trinajstić information content (AvgIpc) is 3.59. The maximum Gasteiger partial charge on any atom is 0.243 e. The van der Waals surface area contributed by atoms with Crippen LogP contribution in [-0.4, -0.2) is 78.0 Å². The Bertz CT molecular complexity index is 1540. The molecule has 5 rings (SSSR count). The highest BCUT2D eigenvalue weighted by Gasteiger charge is 2.37. The van der Waals surface area contributed by atoms with E-state index in [1.807, 2.05) is 42.6 Å². The summed E-state index contributed by atoms with van der Waals surface area (Å²) in [6.45, 7) is 6.28. The number of nitrogens with one attached hydrogen (secondary N) is 1. The Morgan fingerprint density at radius 1 is 1.02 bits per heavy atom. The van der Waals surface area contributed by atoms with E-state index in [9.17, 15) is 8.42 Å². The van der Waals surface area contributed by atoms with Crippen molar-refractivity contribution in [3.8, 4) is 17.2 Å². The predicted molar refractivity (Wildman–Crippen MR) is 150 cm³/mol. The van der Waals surface area contributed by atoms with Crippen molar-refractivity contribution in [3.05, 3.63) is 60.3 Å². The fourth-order valence-corrected chi connectivity index (χ4v) is 5.77. The van der Waals surface area contributed by atoms with Gasteiger partial charge in [-0.3, -0.25) is 9.29 Å². The third-order valence-electron chi connectivity index (χ3n) is 6.66. The first-order valence-corrected chi connectivity index (χ1v) is 14.7. The minimum atomic E-state index is -4.13. The zero-order valence-corrected chi connectivity index (χ0v) is 24.4. The van der Waals surface area contributed by atoms with Gasteiger partial charge in [0.1, 0.15) is 40.3 Å². The third kappa shape index (κ3) is 5.86. The number of ether oxygens (including phenoxy) is 5. The van der Waals surface area contributed by atoms with E-state index in [0.717, 1.165) is 0 Å². The molecule has 1 aliphatic rings. The van der Waals surface area contributed by atoms with Crippen molar-refractivity contribution in [3.63, 3.8) is 0 Å². The molecule has 0 saturated carbocycles. The van der Waals surface area contributed by atoms with Crippen molar-refractivity contribution in [2.45, 2.75) is 44.3 Å². The summed E-state index contributed by atoms with van der Waals surface area (Å²) < 4.78 is 62.8. The minimum Gasteiger partial charge on any atom is -0.494 e. The van der Waals surface area contributed by atoms with E-state index in [-0.39, 0.29) is 18.7 Å². The number of hydrogen-bond donors (Lipinski definition) is 1. The molecule has 0 amide bonds. The van der Waals surface area contributed by atoms with E-state index >= 15 is 0 Å². The maximum absolute atomic E-state index is 14.0. The highest BCUT2D eigenvalue weighted by atomic mass is 32.2. The molecule has 1 aliphatic heterocycles. The monoisotopic (exact) mass is 586 g/mol. The van der Waals surface area contributed by atoms with Crippen LogP contribution >= 0.6 is 0 Å². The zero-order valence-electron chi connectivity index (χ0n) is 23.6. The largest absolute Gasteiger partial charge is 0.494 e. The molecule has 4 aromatic rings. The summed E-state index contributed by atoms with van der Waals surface area (Å²) in [7, 11) is -1.11. The number of para-hydroxylation sites is 1. The van der Waals surface area contributed by atoms with Gasteiger partial charge in [0.15, 0.2) is 5.82 Å². The number of fused-ring (bicyclic) bond motifs is 1. The number of aromatic nitrogens is 5. The number of sulfonamides is 1. The van der Waals surface area contributed by atoms with E-state index in [0.29, 0.717) is 47.6 Å². The molecule has 13 nitrogen and oxygen atoms in total. The molecule has 3 atom stereocenters. The Labute approximate surface area is 238 Å². The van der Waals surface area contributed by atoms with E-state index in [1.165, 1.54) is 18.8 Å². The fraction of sp³-hybridized carbons (Fsp3) is 0.444. The zero-order chi connectivity index (χ0) is 29.1. The molecule has 14 heteroatoms. The van der Waals surface area contributed by atoms with Crippen LogP contribution < -0.4 is 14.2 Å². The molecule has 1 fully saturated rings. The molecule has 0 bridgehead atoms. The van der Waals surface area contributed by atoms with Gasteiger partial charge in [-0.1, -0.05) is 12.1 Å². The molecule has 4 heterocycles. The summed E-state index contributed by atoms with van der Waals surface area (Å²) in [5.74, 6) is 1.10. The minimum absolute atomic E-state index is 0.0675. The van der Waals surface area contributed by atoms with Gasteiger partial charge in [0.25, 0.3) is 0 Å². The number of nitrogens with zero attached hydrogens (tertiary/aromatic N) is 5. The van der Waals surface area contributed by atoms with Gasteiger partial charge in [0.05, 0.1) is 45.8 Å². The highest BCUT2D eigenvalue weighted by molar-refractivity contribution is 7.93. The van der Waals surface area contributed by atoms with Gasteiger partial charge in [-0.2, -0.15) is 0 Å². The molecule has 0 radical (unpaired) electrons. The van der Waals surface area contributed by atoms with Gasteiger partial charge in [-0.25, -0.2) is 13.4 Å². The van der Waals surface area contributed by atoms with Crippen molar-refractivity contribution >= 4 is 21.6 Å². The second-order valence-electron chi connectivity index (χ2n) is 9.75. The molecule has 1 saturated heterocycles. The standard InChI is InChI=1S/C27H34N6O7S/c1-17(2)40-25(19-15-32-12-7-6-11-23(32)28-19)18(3)41(34,35)31-27-30-29-26(22-16-38-13-14-39-22)33(27)24-20(36-4)9-8-10-21(24)37-5/h6-12,15,17-18,22,25H,13-14,16H2,1-5H3,(H,30,31)/t18-,22?,25+/m1/s1. The molecule has 0 spiro atoms. The van der Waals surface area contributed by atoms with Crippen molar-refractivity contribution < 1.29 is 32.1 Å². The lowest BCUT2D eigenvalue weighted by Gasteiger charge is -2.26. The Morgan fingerprint density at radius 3 is 2.41 bits per heavy atom. The molecule has 0 aliphatic carbocycles. The van der Waals surface area contributed by atoms with E-state index in [4.69, 9.17) is 23.7 Å². The molecule has 1 N–H and O–H groups in total. The lowest BCUT2D eigenvalue weighted by Crippen LogP contribution is -2.34. The Balaban J connectivity index is 1.57. The summed E-state index contributed by atoms with van der Waals surface area (Å²) >= 11 is 0. The number of methoxy groups -OCH3 is 2. The number of pyridine rings is 1. The van der Waals surface area contributed by atoms with Gasteiger partial charge in [-0.15, -0.1) is 10.2 Å². The molecule has 3 aromatic heterocycles. The van der Waals surface area contributed by atoms with E-state index in [2.05, 4.69) is 19.9 Å². The first-order valence-electron chi connectivity index (χ1n) is 13.2. The number of anilines is 1. The number of hydrogen-bond acceptors (Lipinski definition) is 10. The summed E-state index contributed by atoms with van der Waals surface area (Å²) in [5, 5.41) is 7.47. The average molecular weight is 587 g/mol. The van der Waals surface area contributed by atoms with E-state index < -0.39 is 27.5 Å². The van der Waals surface area contributed by atoms with Crippen molar-refractivity contribution in [2.75, 3.05) is 38.8 Å². The van der Waals surface area contributed by atoms with Crippen LogP contribution in [0.5, 0.6) is 11.5 Å². The third-order valence-corrected chi connectivity index (χ3v) is 8.35. The maximum atomic E-state index is 14.0. The fourth-order valence-electron chi connectivity index (χ4n) is 4.67. The van der Waals surface area contributed by atoms with Crippen molar-refractivity contribution in [1.82, 2.24) is 24.1 Å². The van der Waals surface area contributed by atoms with Crippen LogP contribution in [0.25, 0.3) is 11.3 Å². The van der Waals surface area contributed by atoms with Crippen LogP contribution in [0.15, 0.2) is 48.8 Å². The molecule has 1 unspecified atom stereocenters. The van der Waals surface area contributed by atoms with Gasteiger partial charge < -0.3 is 28.1 Å². The second kappa shape index (κ2) is 12.0. The first-order chi connectivity index (χ1) is 19.7. The molecule has 41 heavy (non-hydrogen) atoms. The van der Waals surface area contributed by atoms with Gasteiger partial charge in [-0.05, 0) is 45.0 Å². The summed E-state index contributed by atoms with van der Waals surface area (Å²) in [6.07, 6.45) is 1.88. The molecule has 220 valence electrons. The van der Waals surface area contributed by atoms with Gasteiger partial charge >= 0.3 is 0 Å². The van der Waals surface area contributed by atoms with Crippen LogP contribution in [0, 0.1) is 0 Å². The quantitative estimate of drug-likeness (QED) is 0.278. The summed E-state index contributed by atoms with van der Waals surface area (Å²) in [5.41, 5.74) is 1.58. The van der Waals surface area contributed by atoms with Crippen LogP contribution in [0.1, 0.15) is 44.5 Å². The molecular weight excluding hydrogens is 552 g/mol. The van der Waals surface area contributed by atoms with Gasteiger partial charge in [0.2, 0.25) is 16.0 Å². The topological polar surface area (TPSA) is 140 Å². The smallest absolute Gasteiger partial charge is 0.243 e. The Kier molecular flexibility index (Phi) is 8.45. The van der Waals surface area contributed by atoms with Gasteiger partial charge in [0, 0.05) is 12.4 Å². The van der Waals surface area contributed by atoms with Crippen LogP contribution in [-0.2, 0) is 24.2 Å². The number of imidazole rings is 1. The van der Waals surface area contributed by atoms with Crippen LogP contribution in [0.3, 0.4) is 0 Å². The lowest BCUT2D eigenvalue weighted by atomic mass is 10.2. The SMILES string of the molecule is COc1cccc(OC)c1-n1c(NS(=O)(=O)[C@H](C)[C@H](OC(C)C)c2cn3ccccc3n2)nnc1C1COCCO1. The summed E-state index contributed by atoms with van der Waals surface area (Å²) in [6, 6.07) is 10.8. The first kappa shape index (κ1) is 28.8. The Hall–Kier alpha value is -3.72.